The second-order valence-electron chi connectivity index (χ2n) is 5.52. The van der Waals surface area contributed by atoms with Crippen molar-refractivity contribution in [3.05, 3.63) is 35.9 Å². The number of H-pyrrole nitrogens is 1. The van der Waals surface area contributed by atoms with Gasteiger partial charge in [0.1, 0.15) is 0 Å². The minimum absolute atomic E-state index is 0.569. The van der Waals surface area contributed by atoms with Crippen LogP contribution >= 0.6 is 0 Å². The van der Waals surface area contributed by atoms with Crippen LogP contribution in [0.25, 0.3) is 0 Å². The fourth-order valence-corrected chi connectivity index (χ4v) is 2.64. The Morgan fingerprint density at radius 3 is 2.80 bits per heavy atom. The summed E-state index contributed by atoms with van der Waals surface area (Å²) in [5.74, 6) is 1.32. The zero-order chi connectivity index (χ0) is 13.9. The van der Waals surface area contributed by atoms with Crippen molar-refractivity contribution in [1.29, 1.82) is 0 Å². The lowest BCUT2D eigenvalue weighted by Crippen LogP contribution is -2.20. The highest BCUT2D eigenvalue weighted by atomic mass is 15.2. The van der Waals surface area contributed by atoms with E-state index in [2.05, 4.69) is 31.1 Å². The van der Waals surface area contributed by atoms with E-state index in [-0.39, 0.29) is 0 Å². The van der Waals surface area contributed by atoms with Gasteiger partial charge in [0.15, 0.2) is 0 Å². The zero-order valence-electron chi connectivity index (χ0n) is 12.0. The minimum Gasteiger partial charge on any atom is -0.347 e. The number of hydrogen-bond donors (Lipinski definition) is 1. The summed E-state index contributed by atoms with van der Waals surface area (Å²) in [5.41, 5.74) is 2.41. The summed E-state index contributed by atoms with van der Waals surface area (Å²) < 4.78 is 0. The van der Waals surface area contributed by atoms with E-state index in [1.165, 1.54) is 17.7 Å². The lowest BCUT2D eigenvalue weighted by molar-refractivity contribution is 0.325. The third-order valence-corrected chi connectivity index (χ3v) is 3.73. The molecular formula is C14H20N6. The van der Waals surface area contributed by atoms with Crippen molar-refractivity contribution in [1.82, 2.24) is 25.1 Å². The molecular weight excluding hydrogens is 252 g/mol. The highest BCUT2D eigenvalue weighted by Crippen LogP contribution is 2.26. The molecule has 1 saturated heterocycles. The second kappa shape index (κ2) is 5.58. The fourth-order valence-electron chi connectivity index (χ4n) is 2.64. The molecule has 0 spiro atoms. The van der Waals surface area contributed by atoms with Crippen LogP contribution in [-0.2, 0) is 6.54 Å². The van der Waals surface area contributed by atoms with Gasteiger partial charge in [-0.3, -0.25) is 10.00 Å². The van der Waals surface area contributed by atoms with E-state index in [1.807, 2.05) is 37.6 Å². The number of hydrogen-bond acceptors (Lipinski definition) is 5. The Morgan fingerprint density at radius 1 is 1.35 bits per heavy atom. The van der Waals surface area contributed by atoms with Crippen molar-refractivity contribution < 1.29 is 0 Å². The van der Waals surface area contributed by atoms with Crippen LogP contribution in [0.15, 0.2) is 24.7 Å². The molecule has 1 atom stereocenters. The van der Waals surface area contributed by atoms with E-state index >= 15 is 0 Å². The molecule has 0 bridgehead atoms. The van der Waals surface area contributed by atoms with Gasteiger partial charge in [0, 0.05) is 63.0 Å². The molecule has 0 aliphatic carbocycles. The zero-order valence-corrected chi connectivity index (χ0v) is 12.0. The van der Waals surface area contributed by atoms with Crippen molar-refractivity contribution in [2.24, 2.45) is 0 Å². The molecule has 0 aromatic carbocycles. The average Bonchev–Trinajstić information content (AvgIpc) is 3.09. The Bertz CT molecular complexity index is 533. The summed E-state index contributed by atoms with van der Waals surface area (Å²) in [4.78, 5) is 13.1. The van der Waals surface area contributed by atoms with Crippen molar-refractivity contribution in [2.45, 2.75) is 18.9 Å². The number of aromatic amines is 1. The molecule has 1 aliphatic heterocycles. The molecule has 3 rings (SSSR count). The highest BCUT2D eigenvalue weighted by molar-refractivity contribution is 5.26. The minimum atomic E-state index is 0.569. The van der Waals surface area contributed by atoms with Gasteiger partial charge in [0.2, 0.25) is 5.95 Å². The molecule has 1 fully saturated rings. The standard InChI is InChI=1S/C14H20N6/c1-19(2)14-15-7-11(8-16-14)9-20-6-4-12(10-20)13-3-5-17-18-13/h3,5,7-8,12H,4,6,9-10H2,1-2H3,(H,17,18). The molecule has 1 aliphatic rings. The van der Waals surface area contributed by atoms with Crippen LogP contribution in [0.1, 0.15) is 23.6 Å². The van der Waals surface area contributed by atoms with Crippen molar-refractivity contribution in [3.8, 4) is 0 Å². The lowest BCUT2D eigenvalue weighted by atomic mass is 10.1. The third kappa shape index (κ3) is 2.80. The normalized spacial score (nSPS) is 19.4. The van der Waals surface area contributed by atoms with Crippen LogP contribution in [-0.4, -0.2) is 52.3 Å². The maximum atomic E-state index is 4.36. The van der Waals surface area contributed by atoms with E-state index < -0.39 is 0 Å². The smallest absolute Gasteiger partial charge is 0.224 e. The summed E-state index contributed by atoms with van der Waals surface area (Å²) in [6.45, 7) is 3.09. The fraction of sp³-hybridized carbons (Fsp3) is 0.500. The lowest BCUT2D eigenvalue weighted by Gasteiger charge is -2.16. The molecule has 6 heteroatoms. The monoisotopic (exact) mass is 272 g/mol. The van der Waals surface area contributed by atoms with Gasteiger partial charge in [-0.1, -0.05) is 0 Å². The van der Waals surface area contributed by atoms with Crippen LogP contribution < -0.4 is 4.90 Å². The summed E-state index contributed by atoms with van der Waals surface area (Å²) in [6.07, 6.45) is 6.85. The Morgan fingerprint density at radius 2 is 2.15 bits per heavy atom. The number of nitrogens with zero attached hydrogens (tertiary/aromatic N) is 5. The Hall–Kier alpha value is -1.95. The van der Waals surface area contributed by atoms with Gasteiger partial charge >= 0.3 is 0 Å². The molecule has 2 aromatic rings. The molecule has 1 N–H and O–H groups in total. The summed E-state index contributed by atoms with van der Waals surface area (Å²) in [7, 11) is 3.90. The Balaban J connectivity index is 1.59. The largest absolute Gasteiger partial charge is 0.347 e. The highest BCUT2D eigenvalue weighted by Gasteiger charge is 2.24. The molecule has 106 valence electrons. The molecule has 0 amide bonds. The summed E-state index contributed by atoms with van der Waals surface area (Å²) in [5, 5.41) is 7.11. The van der Waals surface area contributed by atoms with E-state index in [1.54, 1.807) is 0 Å². The van der Waals surface area contributed by atoms with Crippen molar-refractivity contribution >= 4 is 5.95 Å². The first-order valence-corrected chi connectivity index (χ1v) is 6.92. The number of anilines is 1. The summed E-state index contributed by atoms with van der Waals surface area (Å²) in [6, 6.07) is 2.07. The van der Waals surface area contributed by atoms with Gasteiger partial charge in [-0.2, -0.15) is 5.10 Å². The predicted octanol–water partition coefficient (Wildman–Crippen LogP) is 1.26. The summed E-state index contributed by atoms with van der Waals surface area (Å²) >= 11 is 0. The first kappa shape index (κ1) is 13.1. The SMILES string of the molecule is CN(C)c1ncc(CN2CCC(c3ccn[nH]3)C2)cn1. The number of likely N-dealkylation sites (tertiary alicyclic amines) is 1. The van der Waals surface area contributed by atoms with Gasteiger partial charge in [0.25, 0.3) is 0 Å². The van der Waals surface area contributed by atoms with Crippen molar-refractivity contribution in [3.63, 3.8) is 0 Å². The van der Waals surface area contributed by atoms with Crippen LogP contribution in [0, 0.1) is 0 Å². The van der Waals surface area contributed by atoms with Crippen LogP contribution in [0.3, 0.4) is 0 Å². The van der Waals surface area contributed by atoms with Gasteiger partial charge < -0.3 is 4.90 Å². The predicted molar refractivity (Wildman–Crippen MR) is 77.6 cm³/mol. The van der Waals surface area contributed by atoms with E-state index in [0.717, 1.165) is 25.6 Å². The molecule has 3 heterocycles. The number of aromatic nitrogens is 4. The topological polar surface area (TPSA) is 60.9 Å². The van der Waals surface area contributed by atoms with Crippen LogP contribution in [0.4, 0.5) is 5.95 Å². The van der Waals surface area contributed by atoms with Gasteiger partial charge in [-0.25, -0.2) is 9.97 Å². The average molecular weight is 272 g/mol. The molecule has 1 unspecified atom stereocenters. The first-order chi connectivity index (χ1) is 9.72. The number of nitrogens with one attached hydrogen (secondary N) is 1. The maximum absolute atomic E-state index is 4.36. The quantitative estimate of drug-likeness (QED) is 0.908. The molecule has 0 radical (unpaired) electrons. The van der Waals surface area contributed by atoms with E-state index in [9.17, 15) is 0 Å². The van der Waals surface area contributed by atoms with Gasteiger partial charge in [-0.05, 0) is 19.0 Å². The first-order valence-electron chi connectivity index (χ1n) is 6.92. The van der Waals surface area contributed by atoms with Gasteiger partial charge in [-0.15, -0.1) is 0 Å². The Kier molecular flexibility index (Phi) is 3.64. The molecule has 2 aromatic heterocycles. The van der Waals surface area contributed by atoms with Crippen molar-refractivity contribution in [2.75, 3.05) is 32.1 Å². The Labute approximate surface area is 118 Å². The third-order valence-electron chi connectivity index (χ3n) is 3.73. The van der Waals surface area contributed by atoms with E-state index in [4.69, 9.17) is 0 Å². The molecule has 0 saturated carbocycles. The van der Waals surface area contributed by atoms with Gasteiger partial charge in [0.05, 0.1) is 0 Å². The maximum Gasteiger partial charge on any atom is 0.224 e. The molecule has 20 heavy (non-hydrogen) atoms. The molecule has 6 nitrogen and oxygen atoms in total. The number of rotatable bonds is 4. The second-order valence-corrected chi connectivity index (χ2v) is 5.52. The van der Waals surface area contributed by atoms with Crippen LogP contribution in [0.2, 0.25) is 0 Å². The van der Waals surface area contributed by atoms with E-state index in [0.29, 0.717) is 5.92 Å². The van der Waals surface area contributed by atoms with Crippen LogP contribution in [0.5, 0.6) is 0 Å².